The van der Waals surface area contributed by atoms with Crippen molar-refractivity contribution >= 4 is 50.9 Å². The third-order valence-electron chi connectivity index (χ3n) is 2.63. The Bertz CT molecular complexity index is 728. The minimum absolute atomic E-state index is 0.0219. The second-order valence-electron chi connectivity index (χ2n) is 4.49. The second kappa shape index (κ2) is 7.82. The Morgan fingerprint density at radius 1 is 1.48 bits per heavy atom. The number of hydrogen-bond acceptors (Lipinski definition) is 7. The molecule has 0 atom stereocenters. The van der Waals surface area contributed by atoms with Crippen LogP contribution in [-0.2, 0) is 26.2 Å². The van der Waals surface area contributed by atoms with Gasteiger partial charge in [0.05, 0.1) is 35.6 Å². The van der Waals surface area contributed by atoms with Crippen molar-refractivity contribution in [2.75, 3.05) is 19.9 Å². The molecule has 0 fully saturated rings. The molecule has 1 aromatic carbocycles. The maximum Gasteiger partial charge on any atom is 0.325 e. The number of nitrogens with zero attached hydrogens (tertiary/aromatic N) is 2. The molecule has 1 aliphatic rings. The van der Waals surface area contributed by atoms with E-state index in [1.165, 1.54) is 7.11 Å². The van der Waals surface area contributed by atoms with Gasteiger partial charge in [-0.1, -0.05) is 23.2 Å². The highest BCUT2D eigenvalue weighted by atomic mass is 35.5. The van der Waals surface area contributed by atoms with Crippen molar-refractivity contribution < 1.29 is 22.5 Å². The van der Waals surface area contributed by atoms with Gasteiger partial charge in [0, 0.05) is 5.56 Å². The molecule has 0 aliphatic carbocycles. The van der Waals surface area contributed by atoms with Crippen molar-refractivity contribution in [1.29, 1.82) is 0 Å². The largest absolute Gasteiger partial charge is 0.468 e. The highest BCUT2D eigenvalue weighted by Gasteiger charge is 2.23. The molecule has 128 valence electrons. The third-order valence-corrected chi connectivity index (χ3v) is 3.47. The molecular weight excluding hydrogens is 369 g/mol. The van der Waals surface area contributed by atoms with E-state index in [1.807, 2.05) is 0 Å². The number of guanidine groups is 1. The Hall–Kier alpha value is -1.55. The number of aliphatic imine (C=N–C) groups is 1. The van der Waals surface area contributed by atoms with E-state index in [9.17, 15) is 13.2 Å². The number of nitrogens with two attached hydrogens (primary N) is 1. The van der Waals surface area contributed by atoms with Crippen molar-refractivity contribution in [1.82, 2.24) is 4.90 Å². The Kier molecular flexibility index (Phi) is 6.63. The molecule has 0 bridgehead atoms. The Balaban J connectivity index is 0.000000463. The zero-order chi connectivity index (χ0) is 17.8. The van der Waals surface area contributed by atoms with Gasteiger partial charge in [0.15, 0.2) is 5.96 Å². The van der Waals surface area contributed by atoms with Crippen LogP contribution in [0.1, 0.15) is 5.56 Å². The molecule has 1 heterocycles. The second-order valence-corrected chi connectivity index (χ2v) is 6.75. The highest BCUT2D eigenvalue weighted by Crippen LogP contribution is 2.36. The summed E-state index contributed by atoms with van der Waals surface area (Å²) in [5.74, 6) is -0.138. The molecule has 0 aromatic heterocycles. The number of esters is 1. The summed E-state index contributed by atoms with van der Waals surface area (Å²) in [7, 11) is -2.35. The number of rotatable bonds is 2. The normalized spacial score (nSPS) is 13.4. The molecule has 23 heavy (non-hydrogen) atoms. The quantitative estimate of drug-likeness (QED) is 0.584. The first kappa shape index (κ1) is 19.5. The summed E-state index contributed by atoms with van der Waals surface area (Å²) < 4.78 is 30.5. The molecule has 0 saturated heterocycles. The van der Waals surface area contributed by atoms with Crippen molar-refractivity contribution in [3.8, 4) is 0 Å². The van der Waals surface area contributed by atoms with Gasteiger partial charge in [0.25, 0.3) is 10.1 Å². The van der Waals surface area contributed by atoms with E-state index in [2.05, 4.69) is 9.73 Å². The first-order chi connectivity index (χ1) is 10.5. The van der Waals surface area contributed by atoms with Crippen LogP contribution in [-0.4, -0.2) is 49.7 Å². The average molecular weight is 384 g/mol. The van der Waals surface area contributed by atoms with Gasteiger partial charge in [0.2, 0.25) is 0 Å². The number of carbonyl (C=O) groups excluding carboxylic acids is 1. The van der Waals surface area contributed by atoms with Crippen molar-refractivity contribution in [3.63, 3.8) is 0 Å². The van der Waals surface area contributed by atoms with E-state index in [4.69, 9.17) is 33.5 Å². The molecule has 8 nitrogen and oxygen atoms in total. The molecule has 11 heteroatoms. The monoisotopic (exact) mass is 383 g/mol. The molecule has 0 spiro atoms. The number of fused-ring (bicyclic) bond motifs is 1. The Labute approximate surface area is 143 Å². The van der Waals surface area contributed by atoms with Crippen molar-refractivity contribution in [3.05, 3.63) is 27.7 Å². The van der Waals surface area contributed by atoms with E-state index >= 15 is 0 Å². The fourth-order valence-corrected chi connectivity index (χ4v) is 2.06. The zero-order valence-corrected chi connectivity index (χ0v) is 14.6. The number of benzene rings is 1. The number of hydrogen-bond donors (Lipinski definition) is 2. The smallest absolute Gasteiger partial charge is 0.325 e. The van der Waals surface area contributed by atoms with Crippen molar-refractivity contribution in [2.24, 2.45) is 10.7 Å². The number of carbonyl (C=O) groups is 1. The van der Waals surface area contributed by atoms with Gasteiger partial charge in [0.1, 0.15) is 6.54 Å². The van der Waals surface area contributed by atoms with E-state index in [1.54, 1.807) is 17.0 Å². The lowest BCUT2D eigenvalue weighted by atomic mass is 10.1. The lowest BCUT2D eigenvalue weighted by molar-refractivity contribution is -0.141. The maximum absolute atomic E-state index is 11.3. The number of ether oxygens (including phenoxy) is 1. The van der Waals surface area contributed by atoms with Crippen LogP contribution < -0.4 is 5.73 Å². The van der Waals surface area contributed by atoms with Gasteiger partial charge in [-0.2, -0.15) is 8.42 Å². The SMILES string of the molecule is COC(=O)CN1Cc2c(ccc(Cl)c2Cl)N=C1N.CS(=O)(=O)O. The van der Waals surface area contributed by atoms with Crippen LogP contribution in [0.5, 0.6) is 0 Å². The number of methoxy groups -OCH3 is 1. The van der Waals surface area contributed by atoms with E-state index in [-0.39, 0.29) is 12.5 Å². The fraction of sp³-hybridized carbons (Fsp3) is 0.333. The average Bonchev–Trinajstić information content (AvgIpc) is 2.43. The summed E-state index contributed by atoms with van der Waals surface area (Å²) >= 11 is 12.1. The van der Waals surface area contributed by atoms with Crippen LogP contribution in [0.3, 0.4) is 0 Å². The molecular formula is C12H15Cl2N3O5S. The first-order valence-corrected chi connectivity index (χ1v) is 8.68. The van der Waals surface area contributed by atoms with Crippen LogP contribution >= 0.6 is 23.2 Å². The van der Waals surface area contributed by atoms with E-state index in [0.717, 1.165) is 5.56 Å². The van der Waals surface area contributed by atoms with Gasteiger partial charge in [-0.25, -0.2) is 4.99 Å². The van der Waals surface area contributed by atoms with Gasteiger partial charge in [-0.15, -0.1) is 0 Å². The van der Waals surface area contributed by atoms with Gasteiger partial charge < -0.3 is 15.4 Å². The van der Waals surface area contributed by atoms with E-state index in [0.29, 0.717) is 28.5 Å². The van der Waals surface area contributed by atoms with Gasteiger partial charge >= 0.3 is 5.97 Å². The van der Waals surface area contributed by atoms with Crippen molar-refractivity contribution in [2.45, 2.75) is 6.54 Å². The van der Waals surface area contributed by atoms with Crippen LogP contribution in [0, 0.1) is 0 Å². The summed E-state index contributed by atoms with van der Waals surface area (Å²) in [6.07, 6.45) is 0.715. The minimum atomic E-state index is -3.67. The molecule has 0 amide bonds. The van der Waals surface area contributed by atoms with E-state index < -0.39 is 16.1 Å². The molecule has 1 aromatic rings. The summed E-state index contributed by atoms with van der Waals surface area (Å²) in [6, 6.07) is 3.40. The van der Waals surface area contributed by atoms with Gasteiger partial charge in [-0.05, 0) is 12.1 Å². The van der Waals surface area contributed by atoms with Crippen LogP contribution in [0.2, 0.25) is 10.0 Å². The number of halogens is 2. The standard InChI is InChI=1S/C11H11Cl2N3O2.CH4O3S/c1-18-9(17)5-16-4-6-8(15-11(16)14)3-2-7(12)10(6)13;1-5(2,3)4/h2-3H,4-5H2,1H3,(H2,14,15);1H3,(H,2,3,4). The molecule has 0 saturated carbocycles. The lowest BCUT2D eigenvalue weighted by Gasteiger charge is -2.27. The first-order valence-electron chi connectivity index (χ1n) is 6.08. The lowest BCUT2D eigenvalue weighted by Crippen LogP contribution is -2.42. The minimum Gasteiger partial charge on any atom is -0.468 e. The molecule has 1 aliphatic heterocycles. The topological polar surface area (TPSA) is 122 Å². The third kappa shape index (κ3) is 6.22. The van der Waals surface area contributed by atoms with Crippen LogP contribution in [0.4, 0.5) is 5.69 Å². The highest BCUT2D eigenvalue weighted by molar-refractivity contribution is 7.85. The summed E-state index contributed by atoms with van der Waals surface area (Å²) in [5, 5.41) is 0.879. The van der Waals surface area contributed by atoms with Crippen LogP contribution in [0.25, 0.3) is 0 Å². The molecule has 2 rings (SSSR count). The van der Waals surface area contributed by atoms with Crippen LogP contribution in [0.15, 0.2) is 17.1 Å². The maximum atomic E-state index is 11.3. The molecule has 0 unspecified atom stereocenters. The summed E-state index contributed by atoms with van der Waals surface area (Å²) in [5.41, 5.74) is 7.20. The van der Waals surface area contributed by atoms with Gasteiger partial charge in [-0.3, -0.25) is 9.35 Å². The zero-order valence-electron chi connectivity index (χ0n) is 12.3. The predicted molar refractivity (Wildman–Crippen MR) is 87.6 cm³/mol. The predicted octanol–water partition coefficient (Wildman–Crippen LogP) is 1.43. The Morgan fingerprint density at radius 2 is 2.04 bits per heavy atom. The molecule has 0 radical (unpaired) electrons. The summed E-state index contributed by atoms with van der Waals surface area (Å²) in [6.45, 7) is 0.396. The fourth-order valence-electron chi connectivity index (χ4n) is 1.66. The molecule has 3 N–H and O–H groups in total. The Morgan fingerprint density at radius 3 is 2.57 bits per heavy atom. The summed E-state index contributed by atoms with van der Waals surface area (Å²) in [4.78, 5) is 17.0.